The van der Waals surface area contributed by atoms with Crippen LogP contribution in [-0.4, -0.2) is 28.3 Å². The number of carbonyl (C=O) groups excluding carboxylic acids is 1. The number of rotatable bonds is 5. The number of nitrogens with one attached hydrogen (secondary N) is 2. The van der Waals surface area contributed by atoms with Crippen molar-refractivity contribution in [3.8, 4) is 0 Å². The maximum absolute atomic E-state index is 11.4. The maximum atomic E-state index is 11.4. The van der Waals surface area contributed by atoms with Crippen molar-refractivity contribution in [2.75, 3.05) is 6.54 Å². The Balaban J connectivity index is 2.35. The summed E-state index contributed by atoms with van der Waals surface area (Å²) in [5.41, 5.74) is 1.08. The van der Waals surface area contributed by atoms with E-state index < -0.39 is 0 Å². The predicted octanol–water partition coefficient (Wildman–Crippen LogP) is 0.595. The molecule has 0 aliphatic heterocycles. The first-order valence-corrected chi connectivity index (χ1v) is 5.50. The van der Waals surface area contributed by atoms with Crippen LogP contribution in [-0.2, 0) is 11.8 Å². The molecule has 0 spiro atoms. The fraction of sp³-hybridized carbons (Fsp3) is 0.636. The summed E-state index contributed by atoms with van der Waals surface area (Å²) in [5, 5.41) is 10.1. The lowest BCUT2D eigenvalue weighted by Gasteiger charge is -2.13. The van der Waals surface area contributed by atoms with Crippen molar-refractivity contribution >= 4 is 5.91 Å². The van der Waals surface area contributed by atoms with Gasteiger partial charge in [0.1, 0.15) is 0 Å². The summed E-state index contributed by atoms with van der Waals surface area (Å²) >= 11 is 0. The van der Waals surface area contributed by atoms with Crippen molar-refractivity contribution in [2.24, 2.45) is 7.05 Å². The Hall–Kier alpha value is -1.36. The SMILES string of the molecule is CC(C)NC(=O)CNC(C)c1cnn(C)c1. The summed E-state index contributed by atoms with van der Waals surface area (Å²) in [6.07, 6.45) is 3.75. The van der Waals surface area contributed by atoms with Gasteiger partial charge in [-0.3, -0.25) is 9.48 Å². The van der Waals surface area contributed by atoms with E-state index in [2.05, 4.69) is 15.7 Å². The first-order chi connectivity index (χ1) is 7.49. The molecular weight excluding hydrogens is 204 g/mol. The van der Waals surface area contributed by atoms with Crippen molar-refractivity contribution in [3.63, 3.8) is 0 Å². The third-order valence-corrected chi connectivity index (χ3v) is 2.24. The fourth-order valence-electron chi connectivity index (χ4n) is 1.40. The number of nitrogens with zero attached hydrogens (tertiary/aromatic N) is 2. The second-order valence-corrected chi connectivity index (χ2v) is 4.27. The lowest BCUT2D eigenvalue weighted by molar-refractivity contribution is -0.120. The molecule has 0 saturated heterocycles. The monoisotopic (exact) mass is 224 g/mol. The molecule has 1 unspecified atom stereocenters. The van der Waals surface area contributed by atoms with Crippen molar-refractivity contribution in [2.45, 2.75) is 32.9 Å². The van der Waals surface area contributed by atoms with E-state index in [-0.39, 0.29) is 18.0 Å². The molecule has 0 saturated carbocycles. The van der Waals surface area contributed by atoms with Crippen molar-refractivity contribution < 1.29 is 4.79 Å². The molecular formula is C11H20N4O. The van der Waals surface area contributed by atoms with Crippen LogP contribution in [0.4, 0.5) is 0 Å². The summed E-state index contributed by atoms with van der Waals surface area (Å²) in [6.45, 7) is 6.23. The molecule has 0 aromatic carbocycles. The van der Waals surface area contributed by atoms with E-state index in [0.717, 1.165) is 5.56 Å². The Bertz CT molecular complexity index is 346. The third kappa shape index (κ3) is 4.02. The van der Waals surface area contributed by atoms with Gasteiger partial charge in [-0.15, -0.1) is 0 Å². The van der Waals surface area contributed by atoms with Crippen LogP contribution in [0.5, 0.6) is 0 Å². The highest BCUT2D eigenvalue weighted by atomic mass is 16.1. The molecule has 0 bridgehead atoms. The second-order valence-electron chi connectivity index (χ2n) is 4.27. The summed E-state index contributed by atoms with van der Waals surface area (Å²) in [5.74, 6) is 0.0192. The normalized spacial score (nSPS) is 12.8. The van der Waals surface area contributed by atoms with E-state index in [1.165, 1.54) is 0 Å². The standard InChI is InChI=1S/C11H20N4O/c1-8(2)14-11(16)6-12-9(3)10-5-13-15(4)7-10/h5,7-9,12H,6H2,1-4H3,(H,14,16). The van der Waals surface area contributed by atoms with Gasteiger partial charge in [-0.05, 0) is 20.8 Å². The fourth-order valence-corrected chi connectivity index (χ4v) is 1.40. The summed E-state index contributed by atoms with van der Waals surface area (Å²) in [7, 11) is 1.88. The molecule has 1 aromatic heterocycles. The highest BCUT2D eigenvalue weighted by Gasteiger charge is 2.09. The number of aromatic nitrogens is 2. The van der Waals surface area contributed by atoms with E-state index in [1.54, 1.807) is 10.9 Å². The average molecular weight is 224 g/mol. The zero-order chi connectivity index (χ0) is 12.1. The third-order valence-electron chi connectivity index (χ3n) is 2.24. The minimum atomic E-state index is 0.0192. The van der Waals surface area contributed by atoms with Gasteiger partial charge in [0.05, 0.1) is 12.7 Å². The zero-order valence-corrected chi connectivity index (χ0v) is 10.3. The van der Waals surface area contributed by atoms with E-state index >= 15 is 0 Å². The molecule has 5 nitrogen and oxygen atoms in total. The minimum Gasteiger partial charge on any atom is -0.353 e. The number of hydrogen-bond acceptors (Lipinski definition) is 3. The lowest BCUT2D eigenvalue weighted by Crippen LogP contribution is -2.38. The van der Waals surface area contributed by atoms with Crippen LogP contribution in [0, 0.1) is 0 Å². The van der Waals surface area contributed by atoms with E-state index in [4.69, 9.17) is 0 Å². The Morgan fingerprint density at radius 2 is 2.19 bits per heavy atom. The average Bonchev–Trinajstić information content (AvgIpc) is 2.60. The van der Waals surface area contributed by atoms with Gasteiger partial charge in [-0.1, -0.05) is 0 Å². The van der Waals surface area contributed by atoms with Crippen molar-refractivity contribution in [1.29, 1.82) is 0 Å². The molecule has 90 valence electrons. The zero-order valence-electron chi connectivity index (χ0n) is 10.3. The van der Waals surface area contributed by atoms with Gasteiger partial charge >= 0.3 is 0 Å². The number of carbonyl (C=O) groups is 1. The van der Waals surface area contributed by atoms with Crippen LogP contribution in [0.1, 0.15) is 32.4 Å². The molecule has 16 heavy (non-hydrogen) atoms. The maximum Gasteiger partial charge on any atom is 0.234 e. The summed E-state index contributed by atoms with van der Waals surface area (Å²) in [6, 6.07) is 0.314. The van der Waals surface area contributed by atoms with Crippen LogP contribution < -0.4 is 10.6 Å². The molecule has 0 fully saturated rings. The Morgan fingerprint density at radius 1 is 1.50 bits per heavy atom. The Labute approximate surface area is 96.2 Å². The van der Waals surface area contributed by atoms with Gasteiger partial charge in [0.2, 0.25) is 5.91 Å². The van der Waals surface area contributed by atoms with Crippen molar-refractivity contribution in [3.05, 3.63) is 18.0 Å². The lowest BCUT2D eigenvalue weighted by atomic mass is 10.2. The second kappa shape index (κ2) is 5.65. The quantitative estimate of drug-likeness (QED) is 0.770. The molecule has 0 aliphatic rings. The summed E-state index contributed by atoms with van der Waals surface area (Å²) < 4.78 is 1.75. The first-order valence-electron chi connectivity index (χ1n) is 5.50. The first kappa shape index (κ1) is 12.7. The van der Waals surface area contributed by atoms with Crippen LogP contribution in [0.3, 0.4) is 0 Å². The molecule has 0 aliphatic carbocycles. The molecule has 5 heteroatoms. The molecule has 2 N–H and O–H groups in total. The van der Waals surface area contributed by atoms with Crippen LogP contribution in [0.2, 0.25) is 0 Å². The van der Waals surface area contributed by atoms with Gasteiger partial charge in [0.15, 0.2) is 0 Å². The van der Waals surface area contributed by atoms with Crippen LogP contribution in [0.25, 0.3) is 0 Å². The Morgan fingerprint density at radius 3 is 2.69 bits per heavy atom. The van der Waals surface area contributed by atoms with Crippen LogP contribution in [0.15, 0.2) is 12.4 Å². The molecule has 1 atom stereocenters. The van der Waals surface area contributed by atoms with Crippen LogP contribution >= 0.6 is 0 Å². The van der Waals surface area contributed by atoms with Crippen molar-refractivity contribution in [1.82, 2.24) is 20.4 Å². The molecule has 1 heterocycles. The highest BCUT2D eigenvalue weighted by Crippen LogP contribution is 2.09. The largest absolute Gasteiger partial charge is 0.353 e. The highest BCUT2D eigenvalue weighted by molar-refractivity contribution is 5.78. The van der Waals surface area contributed by atoms with Gasteiger partial charge in [-0.25, -0.2) is 0 Å². The van der Waals surface area contributed by atoms with E-state index in [1.807, 2.05) is 34.0 Å². The van der Waals surface area contributed by atoms with Gasteiger partial charge in [0.25, 0.3) is 0 Å². The summed E-state index contributed by atoms with van der Waals surface area (Å²) in [4.78, 5) is 11.4. The molecule has 0 radical (unpaired) electrons. The van der Waals surface area contributed by atoms with Gasteiger partial charge in [0, 0.05) is 30.9 Å². The molecule has 1 aromatic rings. The smallest absolute Gasteiger partial charge is 0.234 e. The molecule has 1 amide bonds. The Kier molecular flexibility index (Phi) is 4.49. The van der Waals surface area contributed by atoms with Gasteiger partial charge < -0.3 is 10.6 Å². The van der Waals surface area contributed by atoms with E-state index in [9.17, 15) is 4.79 Å². The number of amides is 1. The van der Waals surface area contributed by atoms with Gasteiger partial charge in [-0.2, -0.15) is 5.10 Å². The topological polar surface area (TPSA) is 59.0 Å². The predicted molar refractivity (Wildman–Crippen MR) is 62.9 cm³/mol. The number of aryl methyl sites for hydroxylation is 1. The molecule has 1 rings (SSSR count). The number of hydrogen-bond donors (Lipinski definition) is 2. The minimum absolute atomic E-state index is 0.0192. The van der Waals surface area contributed by atoms with E-state index in [0.29, 0.717) is 6.54 Å².